The summed E-state index contributed by atoms with van der Waals surface area (Å²) in [5.41, 5.74) is -0.442. The molecule has 5 nitrogen and oxygen atoms in total. The van der Waals surface area contributed by atoms with Gasteiger partial charge in [-0.1, -0.05) is 0 Å². The van der Waals surface area contributed by atoms with Gasteiger partial charge in [0, 0.05) is 31.9 Å². The van der Waals surface area contributed by atoms with Gasteiger partial charge in [0.15, 0.2) is 0 Å². The first-order valence-corrected chi connectivity index (χ1v) is 7.45. The molecule has 1 atom stereocenters. The molecule has 1 heterocycles. The molecule has 18 heavy (non-hydrogen) atoms. The number of hydrogen-bond acceptors (Lipinski definition) is 5. The summed E-state index contributed by atoms with van der Waals surface area (Å²) in [6.07, 6.45) is 2.50. The first kappa shape index (κ1) is 15.6. The third-order valence-electron chi connectivity index (χ3n) is 2.63. The summed E-state index contributed by atoms with van der Waals surface area (Å²) < 4.78 is 10.7. The summed E-state index contributed by atoms with van der Waals surface area (Å²) in [5.74, 6) is 0. The minimum Gasteiger partial charge on any atom is -0.444 e. The maximum absolute atomic E-state index is 12.1. The van der Waals surface area contributed by atoms with E-state index in [0.29, 0.717) is 13.2 Å². The Morgan fingerprint density at radius 1 is 1.50 bits per heavy atom. The van der Waals surface area contributed by atoms with E-state index in [1.807, 2.05) is 31.9 Å². The Morgan fingerprint density at radius 2 is 2.22 bits per heavy atom. The van der Waals surface area contributed by atoms with E-state index in [9.17, 15) is 4.79 Å². The molecule has 0 spiro atoms. The van der Waals surface area contributed by atoms with Crippen LogP contribution in [0.25, 0.3) is 0 Å². The van der Waals surface area contributed by atoms with E-state index in [2.05, 4.69) is 5.32 Å². The topological polar surface area (TPSA) is 50.8 Å². The van der Waals surface area contributed by atoms with E-state index in [1.165, 1.54) is 12.0 Å². The molecule has 0 bridgehead atoms. The zero-order chi connectivity index (χ0) is 13.6. The molecule has 1 fully saturated rings. The number of nitrogens with zero attached hydrogens (tertiary/aromatic N) is 1. The molecular weight excluding hydrogens is 252 g/mol. The zero-order valence-corrected chi connectivity index (χ0v) is 12.5. The molecule has 106 valence electrons. The molecule has 1 unspecified atom stereocenters. The van der Waals surface area contributed by atoms with Gasteiger partial charge in [0.05, 0.1) is 6.61 Å². The second kappa shape index (κ2) is 7.21. The van der Waals surface area contributed by atoms with Crippen molar-refractivity contribution < 1.29 is 13.7 Å². The summed E-state index contributed by atoms with van der Waals surface area (Å²) in [6.45, 7) is 8.62. The van der Waals surface area contributed by atoms with Crippen LogP contribution in [0.1, 0.15) is 27.2 Å². The van der Waals surface area contributed by atoms with Crippen molar-refractivity contribution in [1.29, 1.82) is 0 Å². The van der Waals surface area contributed by atoms with Crippen LogP contribution in [0.4, 0.5) is 4.79 Å². The predicted octanol–water partition coefficient (Wildman–Crippen LogP) is 1.88. The van der Waals surface area contributed by atoms with Crippen LogP contribution in [0.5, 0.6) is 0 Å². The molecule has 0 radical (unpaired) electrons. The average molecular weight is 276 g/mol. The number of carbonyl (C=O) groups excluding carboxylic acids is 1. The number of piperazine rings is 1. The SMILES string of the molecule is CSOCCC1CNCCN1C(=O)OC(C)(C)C. The van der Waals surface area contributed by atoms with Gasteiger partial charge in [-0.3, -0.25) is 0 Å². The molecule has 1 amide bonds. The van der Waals surface area contributed by atoms with Crippen LogP contribution in [-0.2, 0) is 8.92 Å². The van der Waals surface area contributed by atoms with E-state index in [1.54, 1.807) is 0 Å². The largest absolute Gasteiger partial charge is 0.444 e. The summed E-state index contributed by atoms with van der Waals surface area (Å²) in [7, 11) is 0. The maximum Gasteiger partial charge on any atom is 0.410 e. The number of hydrogen-bond donors (Lipinski definition) is 1. The summed E-state index contributed by atoms with van der Waals surface area (Å²) in [4.78, 5) is 13.9. The monoisotopic (exact) mass is 276 g/mol. The van der Waals surface area contributed by atoms with Gasteiger partial charge in [0.2, 0.25) is 0 Å². The summed E-state index contributed by atoms with van der Waals surface area (Å²) >= 11 is 1.35. The zero-order valence-electron chi connectivity index (χ0n) is 11.7. The fourth-order valence-corrected chi connectivity index (χ4v) is 2.11. The van der Waals surface area contributed by atoms with Gasteiger partial charge >= 0.3 is 6.09 Å². The third kappa shape index (κ3) is 5.46. The Morgan fingerprint density at radius 3 is 2.83 bits per heavy atom. The average Bonchev–Trinajstić information content (AvgIpc) is 2.27. The van der Waals surface area contributed by atoms with Gasteiger partial charge in [0.1, 0.15) is 5.60 Å². The van der Waals surface area contributed by atoms with Crippen molar-refractivity contribution in [3.63, 3.8) is 0 Å². The van der Waals surface area contributed by atoms with E-state index in [4.69, 9.17) is 8.92 Å². The van der Waals surface area contributed by atoms with Gasteiger partial charge in [-0.05, 0) is 39.2 Å². The van der Waals surface area contributed by atoms with Crippen LogP contribution in [0, 0.1) is 0 Å². The van der Waals surface area contributed by atoms with Crippen LogP contribution in [0.2, 0.25) is 0 Å². The van der Waals surface area contributed by atoms with Crippen molar-refractivity contribution in [3.05, 3.63) is 0 Å². The smallest absolute Gasteiger partial charge is 0.410 e. The lowest BCUT2D eigenvalue weighted by molar-refractivity contribution is 0.0101. The van der Waals surface area contributed by atoms with Gasteiger partial charge in [-0.2, -0.15) is 0 Å². The molecular formula is C12H24N2O3S. The van der Waals surface area contributed by atoms with Gasteiger partial charge < -0.3 is 19.1 Å². The fourth-order valence-electron chi connectivity index (χ4n) is 1.85. The molecule has 0 aliphatic carbocycles. The van der Waals surface area contributed by atoms with Gasteiger partial charge in [-0.25, -0.2) is 4.79 Å². The lowest BCUT2D eigenvalue weighted by Gasteiger charge is -2.37. The number of amides is 1. The first-order chi connectivity index (χ1) is 8.44. The van der Waals surface area contributed by atoms with E-state index in [0.717, 1.165) is 19.5 Å². The molecule has 0 saturated carbocycles. The number of nitrogens with one attached hydrogen (secondary N) is 1. The molecule has 1 aliphatic heterocycles. The highest BCUT2D eigenvalue weighted by atomic mass is 32.2. The summed E-state index contributed by atoms with van der Waals surface area (Å²) in [5, 5.41) is 3.30. The van der Waals surface area contributed by atoms with E-state index in [-0.39, 0.29) is 12.1 Å². The number of carbonyl (C=O) groups is 1. The van der Waals surface area contributed by atoms with E-state index >= 15 is 0 Å². The van der Waals surface area contributed by atoms with Crippen molar-refractivity contribution in [1.82, 2.24) is 10.2 Å². The Bertz CT molecular complexity index is 269. The molecule has 1 rings (SSSR count). The highest BCUT2D eigenvalue weighted by Crippen LogP contribution is 2.15. The fraction of sp³-hybridized carbons (Fsp3) is 0.917. The second-order valence-corrected chi connectivity index (χ2v) is 5.88. The molecule has 1 aliphatic rings. The Balaban J connectivity index is 2.50. The van der Waals surface area contributed by atoms with Crippen LogP contribution >= 0.6 is 12.0 Å². The molecule has 0 aromatic rings. The number of rotatable bonds is 4. The predicted molar refractivity (Wildman–Crippen MR) is 73.7 cm³/mol. The van der Waals surface area contributed by atoms with Crippen LogP contribution in [0.3, 0.4) is 0 Å². The first-order valence-electron chi connectivity index (χ1n) is 6.30. The minimum atomic E-state index is -0.442. The van der Waals surface area contributed by atoms with Crippen LogP contribution in [-0.4, -0.2) is 55.1 Å². The quantitative estimate of drug-likeness (QED) is 0.627. The second-order valence-electron chi connectivity index (χ2n) is 5.31. The normalized spacial score (nSPS) is 20.9. The Labute approximate surface area is 114 Å². The van der Waals surface area contributed by atoms with Crippen molar-refractivity contribution in [2.24, 2.45) is 0 Å². The molecule has 0 aromatic heterocycles. The molecule has 1 saturated heterocycles. The van der Waals surface area contributed by atoms with Gasteiger partial charge in [-0.15, -0.1) is 0 Å². The van der Waals surface area contributed by atoms with Gasteiger partial charge in [0.25, 0.3) is 0 Å². The Kier molecular flexibility index (Phi) is 6.25. The molecule has 6 heteroatoms. The molecule has 1 N–H and O–H groups in total. The van der Waals surface area contributed by atoms with Crippen molar-refractivity contribution >= 4 is 18.1 Å². The molecule has 0 aromatic carbocycles. The van der Waals surface area contributed by atoms with Crippen molar-refractivity contribution in [2.75, 3.05) is 32.5 Å². The number of ether oxygens (including phenoxy) is 1. The highest BCUT2D eigenvalue weighted by Gasteiger charge is 2.29. The van der Waals surface area contributed by atoms with Crippen LogP contribution < -0.4 is 5.32 Å². The van der Waals surface area contributed by atoms with E-state index < -0.39 is 5.60 Å². The standard InChI is InChI=1S/C12H24N2O3S/c1-12(2,3)17-11(15)14-7-6-13-9-10(14)5-8-16-18-4/h10,13H,5-9H2,1-4H3. The van der Waals surface area contributed by atoms with Crippen molar-refractivity contribution in [3.8, 4) is 0 Å². The lowest BCUT2D eigenvalue weighted by Crippen LogP contribution is -2.55. The highest BCUT2D eigenvalue weighted by molar-refractivity contribution is 7.93. The minimum absolute atomic E-state index is 0.153. The van der Waals surface area contributed by atoms with Crippen molar-refractivity contribution in [2.45, 2.75) is 38.8 Å². The van der Waals surface area contributed by atoms with Crippen LogP contribution in [0.15, 0.2) is 0 Å². The third-order valence-corrected chi connectivity index (χ3v) is 3.03. The maximum atomic E-state index is 12.1. The lowest BCUT2D eigenvalue weighted by atomic mass is 10.1. The summed E-state index contributed by atoms with van der Waals surface area (Å²) in [6, 6.07) is 0.153. The Hall–Kier alpha value is -0.460.